The van der Waals surface area contributed by atoms with Gasteiger partial charge in [-0.2, -0.15) is 0 Å². The predicted molar refractivity (Wildman–Crippen MR) is 101 cm³/mol. The van der Waals surface area contributed by atoms with E-state index in [1.54, 1.807) is 7.11 Å². The first-order valence-electron chi connectivity index (χ1n) is 8.58. The third-order valence-electron chi connectivity index (χ3n) is 4.40. The SMILES string of the molecule is COc1ccc(CCc2cccc(CCc3ccccc3)c2)cc1. The Morgan fingerprint density at radius 3 is 1.62 bits per heavy atom. The molecular weight excluding hydrogens is 292 g/mol. The molecule has 0 fully saturated rings. The molecule has 3 aromatic carbocycles. The predicted octanol–water partition coefficient (Wildman–Crippen LogP) is 5.27. The Labute approximate surface area is 144 Å². The van der Waals surface area contributed by atoms with Gasteiger partial charge in [0.05, 0.1) is 7.11 Å². The van der Waals surface area contributed by atoms with Crippen molar-refractivity contribution < 1.29 is 4.74 Å². The molecule has 0 radical (unpaired) electrons. The standard InChI is InChI=1S/C23H24O/c1-24-23-16-14-20(15-17-23)11-13-22-9-5-8-21(18-22)12-10-19-6-3-2-4-7-19/h2-9,14-18H,10-13H2,1H3. The van der Waals surface area contributed by atoms with Crippen LogP contribution >= 0.6 is 0 Å². The zero-order valence-corrected chi connectivity index (χ0v) is 14.2. The quantitative estimate of drug-likeness (QED) is 0.577. The summed E-state index contributed by atoms with van der Waals surface area (Å²) >= 11 is 0. The molecule has 0 aliphatic heterocycles. The Morgan fingerprint density at radius 1 is 0.542 bits per heavy atom. The van der Waals surface area contributed by atoms with Crippen LogP contribution in [0.4, 0.5) is 0 Å². The topological polar surface area (TPSA) is 9.23 Å². The van der Waals surface area contributed by atoms with E-state index in [2.05, 4.69) is 66.7 Å². The van der Waals surface area contributed by atoms with Gasteiger partial charge >= 0.3 is 0 Å². The third kappa shape index (κ3) is 4.73. The summed E-state index contributed by atoms with van der Waals surface area (Å²) in [7, 11) is 1.70. The van der Waals surface area contributed by atoms with Gasteiger partial charge in [0.1, 0.15) is 5.75 Å². The highest BCUT2D eigenvalue weighted by atomic mass is 16.5. The van der Waals surface area contributed by atoms with Crippen molar-refractivity contribution in [3.8, 4) is 5.75 Å². The molecule has 3 rings (SSSR count). The van der Waals surface area contributed by atoms with Gasteiger partial charge in [-0.15, -0.1) is 0 Å². The summed E-state index contributed by atoms with van der Waals surface area (Å²) in [6.07, 6.45) is 4.33. The van der Waals surface area contributed by atoms with Gasteiger partial charge in [-0.3, -0.25) is 0 Å². The lowest BCUT2D eigenvalue weighted by Gasteiger charge is -2.07. The van der Waals surface area contributed by atoms with E-state index in [1.807, 2.05) is 12.1 Å². The van der Waals surface area contributed by atoms with Crippen LogP contribution in [0.15, 0.2) is 78.9 Å². The summed E-state index contributed by atoms with van der Waals surface area (Å²) in [5.74, 6) is 0.918. The molecule has 0 aliphatic carbocycles. The van der Waals surface area contributed by atoms with Crippen LogP contribution in [0.2, 0.25) is 0 Å². The van der Waals surface area contributed by atoms with Gasteiger partial charge < -0.3 is 4.74 Å². The van der Waals surface area contributed by atoms with Crippen LogP contribution in [0.1, 0.15) is 22.3 Å². The van der Waals surface area contributed by atoms with Crippen LogP contribution < -0.4 is 4.74 Å². The van der Waals surface area contributed by atoms with E-state index in [9.17, 15) is 0 Å². The first-order chi connectivity index (χ1) is 11.8. The Bertz CT molecular complexity index is 745. The maximum Gasteiger partial charge on any atom is 0.118 e. The zero-order valence-electron chi connectivity index (χ0n) is 14.2. The first kappa shape index (κ1) is 16.3. The molecule has 3 aromatic rings. The van der Waals surface area contributed by atoms with Crippen LogP contribution in [0.25, 0.3) is 0 Å². The second-order valence-electron chi connectivity index (χ2n) is 6.15. The third-order valence-corrected chi connectivity index (χ3v) is 4.40. The number of aryl methyl sites for hydroxylation is 4. The molecule has 24 heavy (non-hydrogen) atoms. The van der Waals surface area contributed by atoms with E-state index < -0.39 is 0 Å². The zero-order chi connectivity index (χ0) is 16.6. The Hall–Kier alpha value is -2.54. The van der Waals surface area contributed by atoms with Gasteiger partial charge in [0, 0.05) is 0 Å². The van der Waals surface area contributed by atoms with E-state index >= 15 is 0 Å². The van der Waals surface area contributed by atoms with Crippen molar-refractivity contribution in [3.05, 3.63) is 101 Å². The molecule has 0 bridgehead atoms. The van der Waals surface area contributed by atoms with Gasteiger partial charge in [0.2, 0.25) is 0 Å². The second-order valence-corrected chi connectivity index (χ2v) is 6.15. The monoisotopic (exact) mass is 316 g/mol. The highest BCUT2D eigenvalue weighted by Crippen LogP contribution is 2.15. The first-order valence-corrected chi connectivity index (χ1v) is 8.58. The van der Waals surface area contributed by atoms with Crippen LogP contribution in [0.3, 0.4) is 0 Å². The van der Waals surface area contributed by atoms with Crippen LogP contribution in [-0.4, -0.2) is 7.11 Å². The van der Waals surface area contributed by atoms with Gasteiger partial charge in [-0.05, 0) is 60.1 Å². The highest BCUT2D eigenvalue weighted by Gasteiger charge is 2.00. The fraction of sp³-hybridized carbons (Fsp3) is 0.217. The largest absolute Gasteiger partial charge is 0.497 e. The summed E-state index contributed by atoms with van der Waals surface area (Å²) in [6.45, 7) is 0. The molecule has 0 heterocycles. The Balaban J connectivity index is 1.56. The van der Waals surface area contributed by atoms with E-state index in [0.717, 1.165) is 31.4 Å². The van der Waals surface area contributed by atoms with Crippen LogP contribution in [0.5, 0.6) is 5.75 Å². The van der Waals surface area contributed by atoms with Crippen molar-refractivity contribution in [2.75, 3.05) is 7.11 Å². The van der Waals surface area contributed by atoms with Crippen molar-refractivity contribution in [3.63, 3.8) is 0 Å². The molecule has 0 aliphatic rings. The molecule has 122 valence electrons. The summed E-state index contributed by atoms with van der Waals surface area (Å²) in [4.78, 5) is 0. The summed E-state index contributed by atoms with van der Waals surface area (Å²) in [5.41, 5.74) is 5.59. The fourth-order valence-corrected chi connectivity index (χ4v) is 2.95. The molecule has 0 amide bonds. The minimum absolute atomic E-state index is 0.918. The summed E-state index contributed by atoms with van der Waals surface area (Å²) in [5, 5.41) is 0. The molecule has 1 nitrogen and oxygen atoms in total. The van der Waals surface area contributed by atoms with Gasteiger partial charge in [0.25, 0.3) is 0 Å². The molecule has 0 spiro atoms. The van der Waals surface area contributed by atoms with Crippen molar-refractivity contribution in [2.24, 2.45) is 0 Å². The number of benzene rings is 3. The molecule has 0 N–H and O–H groups in total. The van der Waals surface area contributed by atoms with Crippen molar-refractivity contribution >= 4 is 0 Å². The van der Waals surface area contributed by atoms with Crippen LogP contribution in [-0.2, 0) is 25.7 Å². The van der Waals surface area contributed by atoms with E-state index in [4.69, 9.17) is 4.74 Å². The van der Waals surface area contributed by atoms with E-state index in [0.29, 0.717) is 0 Å². The molecule has 0 aromatic heterocycles. The van der Waals surface area contributed by atoms with Crippen LogP contribution in [0, 0.1) is 0 Å². The fourth-order valence-electron chi connectivity index (χ4n) is 2.95. The van der Waals surface area contributed by atoms with Crippen molar-refractivity contribution in [2.45, 2.75) is 25.7 Å². The molecule has 0 unspecified atom stereocenters. The lowest BCUT2D eigenvalue weighted by Crippen LogP contribution is -1.95. The minimum atomic E-state index is 0.918. The second kappa shape index (κ2) is 8.35. The minimum Gasteiger partial charge on any atom is -0.497 e. The lowest BCUT2D eigenvalue weighted by atomic mass is 9.99. The summed E-state index contributed by atoms with van der Waals surface area (Å²) in [6, 6.07) is 28.1. The number of hydrogen-bond acceptors (Lipinski definition) is 1. The maximum atomic E-state index is 5.21. The smallest absolute Gasteiger partial charge is 0.118 e. The normalized spacial score (nSPS) is 10.5. The van der Waals surface area contributed by atoms with Gasteiger partial charge in [0.15, 0.2) is 0 Å². The van der Waals surface area contributed by atoms with Crippen molar-refractivity contribution in [1.29, 1.82) is 0 Å². The molecule has 0 saturated heterocycles. The molecule has 0 atom stereocenters. The maximum absolute atomic E-state index is 5.21. The molecule has 1 heteroatoms. The average Bonchev–Trinajstić information content (AvgIpc) is 2.66. The van der Waals surface area contributed by atoms with E-state index in [1.165, 1.54) is 22.3 Å². The van der Waals surface area contributed by atoms with Crippen molar-refractivity contribution in [1.82, 2.24) is 0 Å². The Morgan fingerprint density at radius 2 is 1.04 bits per heavy atom. The van der Waals surface area contributed by atoms with E-state index in [-0.39, 0.29) is 0 Å². The number of ether oxygens (including phenoxy) is 1. The summed E-state index contributed by atoms with van der Waals surface area (Å²) < 4.78 is 5.21. The number of methoxy groups -OCH3 is 1. The highest BCUT2D eigenvalue weighted by molar-refractivity contribution is 5.29. The lowest BCUT2D eigenvalue weighted by molar-refractivity contribution is 0.414. The Kier molecular flexibility index (Phi) is 5.68. The molecular formula is C23H24O. The molecule has 0 saturated carbocycles. The van der Waals surface area contributed by atoms with Gasteiger partial charge in [-0.1, -0.05) is 66.7 Å². The number of hydrogen-bond donors (Lipinski definition) is 0. The number of rotatable bonds is 7. The van der Waals surface area contributed by atoms with Gasteiger partial charge in [-0.25, -0.2) is 0 Å². The average molecular weight is 316 g/mol.